The van der Waals surface area contributed by atoms with Crippen LogP contribution in [0, 0.1) is 12.7 Å². The van der Waals surface area contributed by atoms with Gasteiger partial charge >= 0.3 is 0 Å². The summed E-state index contributed by atoms with van der Waals surface area (Å²) in [7, 11) is 0. The number of aromatic nitrogens is 3. The number of amides is 1. The fourth-order valence-electron chi connectivity index (χ4n) is 3.57. The van der Waals surface area contributed by atoms with Crippen molar-refractivity contribution in [2.24, 2.45) is 0 Å². The van der Waals surface area contributed by atoms with Crippen LogP contribution in [-0.2, 0) is 11.2 Å². The Morgan fingerprint density at radius 3 is 2.85 bits per heavy atom. The van der Waals surface area contributed by atoms with Gasteiger partial charge in [0.1, 0.15) is 5.82 Å². The second-order valence-electron chi connectivity index (χ2n) is 6.69. The number of rotatable bonds is 3. The summed E-state index contributed by atoms with van der Waals surface area (Å²) in [6.45, 7) is 2.45. The van der Waals surface area contributed by atoms with E-state index in [0.717, 1.165) is 24.1 Å². The molecule has 1 aromatic carbocycles. The maximum absolute atomic E-state index is 13.0. The Labute approximate surface area is 149 Å². The van der Waals surface area contributed by atoms with E-state index in [9.17, 15) is 14.0 Å². The maximum Gasteiger partial charge on any atom is 0.272 e. The number of hydrogen-bond donors (Lipinski definition) is 1. The minimum absolute atomic E-state index is 0.00532. The number of H-pyrrole nitrogens is 1. The number of halogens is 1. The van der Waals surface area contributed by atoms with E-state index >= 15 is 0 Å². The van der Waals surface area contributed by atoms with Gasteiger partial charge in [0, 0.05) is 24.4 Å². The highest BCUT2D eigenvalue weighted by molar-refractivity contribution is 5.79. The quantitative estimate of drug-likeness (QED) is 0.785. The van der Waals surface area contributed by atoms with Gasteiger partial charge in [-0.25, -0.2) is 13.9 Å². The zero-order valence-electron chi connectivity index (χ0n) is 14.4. The van der Waals surface area contributed by atoms with Gasteiger partial charge in [-0.3, -0.25) is 14.7 Å². The number of fused-ring (bicyclic) bond motifs is 1. The van der Waals surface area contributed by atoms with Crippen molar-refractivity contribution in [3.05, 3.63) is 69.5 Å². The molecule has 134 valence electrons. The van der Waals surface area contributed by atoms with Crippen molar-refractivity contribution in [1.82, 2.24) is 19.5 Å². The Morgan fingerprint density at radius 1 is 1.31 bits per heavy atom. The molecule has 1 atom stereocenters. The maximum atomic E-state index is 13.0. The highest BCUT2D eigenvalue weighted by Crippen LogP contribution is 2.31. The van der Waals surface area contributed by atoms with Gasteiger partial charge in [-0.1, -0.05) is 12.1 Å². The van der Waals surface area contributed by atoms with Crippen LogP contribution in [0.2, 0.25) is 0 Å². The third kappa shape index (κ3) is 3.00. The molecule has 0 spiro atoms. The van der Waals surface area contributed by atoms with E-state index in [0.29, 0.717) is 17.9 Å². The van der Waals surface area contributed by atoms with E-state index in [4.69, 9.17) is 0 Å². The monoisotopic (exact) mass is 354 g/mol. The fourth-order valence-corrected chi connectivity index (χ4v) is 3.57. The summed E-state index contributed by atoms with van der Waals surface area (Å²) in [6.07, 6.45) is 1.96. The average Bonchev–Trinajstić information content (AvgIpc) is 3.23. The second-order valence-corrected chi connectivity index (χ2v) is 6.69. The van der Waals surface area contributed by atoms with Crippen molar-refractivity contribution in [3.8, 4) is 0 Å². The predicted molar refractivity (Wildman–Crippen MR) is 94.3 cm³/mol. The molecular weight excluding hydrogens is 335 g/mol. The van der Waals surface area contributed by atoms with Crippen LogP contribution in [-0.4, -0.2) is 31.9 Å². The smallest absolute Gasteiger partial charge is 0.272 e. The first-order chi connectivity index (χ1) is 12.5. The number of aryl methyl sites for hydroxylation is 1. The van der Waals surface area contributed by atoms with Crippen molar-refractivity contribution >= 4 is 11.6 Å². The lowest BCUT2D eigenvalue weighted by Gasteiger charge is -2.24. The molecule has 0 unspecified atom stereocenters. The van der Waals surface area contributed by atoms with Crippen molar-refractivity contribution in [2.75, 3.05) is 6.54 Å². The molecule has 1 amide bonds. The van der Waals surface area contributed by atoms with Gasteiger partial charge in [-0.05, 0) is 37.5 Å². The van der Waals surface area contributed by atoms with Crippen LogP contribution < -0.4 is 5.56 Å². The molecule has 0 radical (unpaired) electrons. The number of benzene rings is 1. The summed E-state index contributed by atoms with van der Waals surface area (Å²) in [6, 6.07) is 9.19. The van der Waals surface area contributed by atoms with Crippen LogP contribution >= 0.6 is 0 Å². The summed E-state index contributed by atoms with van der Waals surface area (Å²) >= 11 is 0. The Morgan fingerprint density at radius 2 is 2.08 bits per heavy atom. The lowest BCUT2D eigenvalue weighted by molar-refractivity contribution is -0.131. The number of carbonyl (C=O) groups is 1. The second kappa shape index (κ2) is 6.40. The molecule has 1 N–H and O–H groups in total. The number of hydrogen-bond acceptors (Lipinski definition) is 3. The molecule has 6 nitrogen and oxygen atoms in total. The minimum atomic E-state index is -0.313. The van der Waals surface area contributed by atoms with Crippen molar-refractivity contribution < 1.29 is 9.18 Å². The Balaban J connectivity index is 1.60. The van der Waals surface area contributed by atoms with Crippen LogP contribution in [0.25, 0.3) is 5.65 Å². The molecule has 0 aliphatic carbocycles. The number of likely N-dealkylation sites (tertiary alicyclic amines) is 1. The van der Waals surface area contributed by atoms with Crippen molar-refractivity contribution in [3.63, 3.8) is 0 Å². The number of nitrogens with zero attached hydrogens (tertiary/aromatic N) is 3. The molecule has 26 heavy (non-hydrogen) atoms. The molecule has 7 heteroatoms. The first kappa shape index (κ1) is 16.5. The molecule has 0 bridgehead atoms. The molecule has 1 aliphatic heterocycles. The normalized spacial score (nSPS) is 17.2. The molecule has 1 saturated heterocycles. The molecule has 1 aliphatic rings. The van der Waals surface area contributed by atoms with Gasteiger partial charge < -0.3 is 4.90 Å². The summed E-state index contributed by atoms with van der Waals surface area (Å²) in [5.41, 5.74) is 2.65. The third-order valence-corrected chi connectivity index (χ3v) is 4.80. The van der Waals surface area contributed by atoms with E-state index in [1.54, 1.807) is 19.1 Å². The van der Waals surface area contributed by atoms with E-state index < -0.39 is 0 Å². The van der Waals surface area contributed by atoms with Gasteiger partial charge in [0.25, 0.3) is 5.56 Å². The van der Waals surface area contributed by atoms with E-state index in [1.807, 2.05) is 11.0 Å². The zero-order valence-corrected chi connectivity index (χ0v) is 14.4. The fraction of sp³-hybridized carbons (Fsp3) is 0.316. The average molecular weight is 354 g/mol. The number of aromatic amines is 1. The van der Waals surface area contributed by atoms with Gasteiger partial charge in [-0.15, -0.1) is 0 Å². The van der Waals surface area contributed by atoms with Crippen molar-refractivity contribution in [2.45, 2.75) is 32.2 Å². The van der Waals surface area contributed by atoms with Crippen LogP contribution in [0.5, 0.6) is 0 Å². The van der Waals surface area contributed by atoms with E-state index in [1.165, 1.54) is 22.7 Å². The van der Waals surface area contributed by atoms with Crippen LogP contribution in [0.1, 0.15) is 35.8 Å². The lowest BCUT2D eigenvalue weighted by atomic mass is 10.1. The summed E-state index contributed by atoms with van der Waals surface area (Å²) in [5.74, 6) is -0.319. The largest absolute Gasteiger partial charge is 0.334 e. The molecule has 3 heterocycles. The Kier molecular flexibility index (Phi) is 4.06. The first-order valence-corrected chi connectivity index (χ1v) is 8.64. The topological polar surface area (TPSA) is 70.5 Å². The van der Waals surface area contributed by atoms with Crippen LogP contribution in [0.4, 0.5) is 4.39 Å². The van der Waals surface area contributed by atoms with Crippen LogP contribution in [0.15, 0.2) is 41.2 Å². The summed E-state index contributed by atoms with van der Waals surface area (Å²) in [5, 5.41) is 3.09. The number of carbonyl (C=O) groups excluding carboxylic acids is 1. The number of nitrogens with one attached hydrogen (secondary N) is 1. The van der Waals surface area contributed by atoms with E-state index in [-0.39, 0.29) is 29.7 Å². The van der Waals surface area contributed by atoms with Gasteiger partial charge in [-0.2, -0.15) is 0 Å². The Bertz CT molecular complexity index is 1020. The van der Waals surface area contributed by atoms with Gasteiger partial charge in [0.05, 0.1) is 18.2 Å². The third-order valence-electron chi connectivity index (χ3n) is 4.80. The standard InChI is InChI=1S/C19H19FN4O2/c1-12-9-19(26)24-17(21-12)11-15(22-24)16-3-2-8-23(16)18(25)10-13-4-6-14(20)7-5-13/h4-7,9,11,16,22H,2-3,8,10H2,1H3/t16-/m1/s1. The molecule has 4 rings (SSSR count). The van der Waals surface area contributed by atoms with Gasteiger partial charge in [0.15, 0.2) is 5.65 Å². The zero-order chi connectivity index (χ0) is 18.3. The molecule has 0 saturated carbocycles. The Hall–Kier alpha value is -2.96. The van der Waals surface area contributed by atoms with E-state index in [2.05, 4.69) is 10.1 Å². The highest BCUT2D eigenvalue weighted by Gasteiger charge is 2.31. The summed E-state index contributed by atoms with van der Waals surface area (Å²) < 4.78 is 14.4. The summed E-state index contributed by atoms with van der Waals surface area (Å²) in [4.78, 5) is 31.0. The molecular formula is C19H19FN4O2. The molecule has 2 aromatic heterocycles. The predicted octanol–water partition coefficient (Wildman–Crippen LogP) is 2.38. The first-order valence-electron chi connectivity index (χ1n) is 8.64. The van der Waals surface area contributed by atoms with Crippen LogP contribution in [0.3, 0.4) is 0 Å². The highest BCUT2D eigenvalue weighted by atomic mass is 19.1. The SMILES string of the molecule is Cc1cc(=O)n2[nH]c([C@H]3CCCN3C(=O)Cc3ccc(F)cc3)cc2n1. The van der Waals surface area contributed by atoms with Crippen molar-refractivity contribution in [1.29, 1.82) is 0 Å². The minimum Gasteiger partial charge on any atom is -0.334 e. The molecule has 3 aromatic rings. The van der Waals surface area contributed by atoms with Gasteiger partial charge in [0.2, 0.25) is 5.91 Å². The molecule has 1 fully saturated rings. The lowest BCUT2D eigenvalue weighted by Crippen LogP contribution is -2.32.